The number of nitrogens with zero attached hydrogens (tertiary/aromatic N) is 1. The first-order valence-corrected chi connectivity index (χ1v) is 9.54. The van der Waals surface area contributed by atoms with Crippen molar-refractivity contribution in [3.63, 3.8) is 0 Å². The van der Waals surface area contributed by atoms with Crippen molar-refractivity contribution in [1.29, 1.82) is 0 Å². The Morgan fingerprint density at radius 3 is 2.57 bits per heavy atom. The van der Waals surface area contributed by atoms with Crippen molar-refractivity contribution in [2.45, 2.75) is 24.2 Å². The molecule has 5 nitrogen and oxygen atoms in total. The number of ether oxygens (including phenoxy) is 2. The topological polar surface area (TPSA) is 55.8 Å². The van der Waals surface area contributed by atoms with E-state index in [1.807, 2.05) is 0 Å². The zero-order chi connectivity index (χ0) is 15.3. The summed E-state index contributed by atoms with van der Waals surface area (Å²) in [5, 5.41) is 0.950. The minimum absolute atomic E-state index is 0.245. The first kappa shape index (κ1) is 16.6. The zero-order valence-corrected chi connectivity index (χ0v) is 14.5. The van der Waals surface area contributed by atoms with Crippen LogP contribution in [0.25, 0.3) is 0 Å². The van der Waals surface area contributed by atoms with Gasteiger partial charge < -0.3 is 9.47 Å². The highest BCUT2D eigenvalue weighted by Crippen LogP contribution is 2.32. The van der Waals surface area contributed by atoms with E-state index in [-0.39, 0.29) is 4.90 Å². The van der Waals surface area contributed by atoms with Crippen molar-refractivity contribution in [2.24, 2.45) is 0 Å². The van der Waals surface area contributed by atoms with Gasteiger partial charge in [0.05, 0.1) is 4.90 Å². The highest BCUT2D eigenvalue weighted by Gasteiger charge is 2.23. The molecule has 1 aliphatic rings. The fourth-order valence-electron chi connectivity index (χ4n) is 2.09. The molecular formula is C14H20BrNO4S. The van der Waals surface area contributed by atoms with Gasteiger partial charge in [-0.05, 0) is 25.0 Å². The molecule has 0 saturated carbocycles. The Morgan fingerprint density at radius 2 is 1.86 bits per heavy atom. The van der Waals surface area contributed by atoms with E-state index >= 15 is 0 Å². The first-order chi connectivity index (χ1) is 10.1. The van der Waals surface area contributed by atoms with E-state index in [0.29, 0.717) is 31.3 Å². The number of benzene rings is 1. The summed E-state index contributed by atoms with van der Waals surface area (Å²) in [6, 6.07) is 4.76. The Labute approximate surface area is 134 Å². The first-order valence-electron chi connectivity index (χ1n) is 6.97. The van der Waals surface area contributed by atoms with Crippen LogP contribution in [-0.4, -0.2) is 44.9 Å². The Balaban J connectivity index is 2.08. The SMILES string of the molecule is CN(CCCCCBr)S(=O)(=O)c1ccc2c(c1)OCCO2. The van der Waals surface area contributed by atoms with E-state index in [9.17, 15) is 8.42 Å². The number of hydrogen-bond donors (Lipinski definition) is 0. The van der Waals surface area contributed by atoms with Gasteiger partial charge in [-0.15, -0.1) is 0 Å². The van der Waals surface area contributed by atoms with Gasteiger partial charge in [0.1, 0.15) is 13.2 Å². The van der Waals surface area contributed by atoms with Crippen molar-refractivity contribution in [2.75, 3.05) is 32.1 Å². The van der Waals surface area contributed by atoms with E-state index in [1.165, 1.54) is 4.31 Å². The van der Waals surface area contributed by atoms with Gasteiger partial charge in [0.25, 0.3) is 0 Å². The molecule has 1 aromatic rings. The van der Waals surface area contributed by atoms with Crippen LogP contribution in [0.5, 0.6) is 11.5 Å². The molecule has 2 rings (SSSR count). The van der Waals surface area contributed by atoms with Gasteiger partial charge >= 0.3 is 0 Å². The lowest BCUT2D eigenvalue weighted by molar-refractivity contribution is 0.171. The summed E-state index contributed by atoms with van der Waals surface area (Å²) in [5.41, 5.74) is 0. The number of fused-ring (bicyclic) bond motifs is 1. The number of sulfonamides is 1. The number of halogens is 1. The van der Waals surface area contributed by atoms with E-state index < -0.39 is 10.0 Å². The third-order valence-corrected chi connectivity index (χ3v) is 5.74. The normalized spacial score (nSPS) is 14.4. The maximum absolute atomic E-state index is 12.5. The molecule has 1 heterocycles. The third kappa shape index (κ3) is 4.11. The van der Waals surface area contributed by atoms with Gasteiger partial charge in [0.2, 0.25) is 10.0 Å². The second-order valence-electron chi connectivity index (χ2n) is 4.88. The minimum Gasteiger partial charge on any atom is -0.486 e. The molecule has 0 amide bonds. The van der Waals surface area contributed by atoms with E-state index in [1.54, 1.807) is 25.2 Å². The average Bonchev–Trinajstić information content (AvgIpc) is 2.50. The third-order valence-electron chi connectivity index (χ3n) is 3.33. The van der Waals surface area contributed by atoms with Gasteiger partial charge in [0, 0.05) is 25.0 Å². The smallest absolute Gasteiger partial charge is 0.242 e. The fourth-order valence-corrected chi connectivity index (χ4v) is 3.71. The number of unbranched alkanes of at least 4 members (excludes halogenated alkanes) is 2. The average molecular weight is 378 g/mol. The molecule has 0 radical (unpaired) electrons. The van der Waals surface area contributed by atoms with Crippen molar-refractivity contribution in [1.82, 2.24) is 4.31 Å². The lowest BCUT2D eigenvalue weighted by atomic mass is 10.2. The van der Waals surface area contributed by atoms with Crippen LogP contribution >= 0.6 is 15.9 Å². The molecule has 21 heavy (non-hydrogen) atoms. The number of hydrogen-bond acceptors (Lipinski definition) is 4. The molecule has 7 heteroatoms. The summed E-state index contributed by atoms with van der Waals surface area (Å²) >= 11 is 3.37. The Morgan fingerprint density at radius 1 is 1.14 bits per heavy atom. The van der Waals surface area contributed by atoms with Crippen molar-refractivity contribution in [3.8, 4) is 11.5 Å². The van der Waals surface area contributed by atoms with Gasteiger partial charge in [-0.1, -0.05) is 22.4 Å². The molecule has 1 aliphatic heterocycles. The summed E-state index contributed by atoms with van der Waals surface area (Å²) in [5.74, 6) is 1.09. The fraction of sp³-hybridized carbons (Fsp3) is 0.571. The van der Waals surface area contributed by atoms with Crippen molar-refractivity contribution < 1.29 is 17.9 Å². The zero-order valence-electron chi connectivity index (χ0n) is 12.0. The molecule has 118 valence electrons. The Kier molecular flexibility index (Phi) is 5.89. The second kappa shape index (κ2) is 7.47. The monoisotopic (exact) mass is 377 g/mol. The van der Waals surface area contributed by atoms with Crippen molar-refractivity contribution in [3.05, 3.63) is 18.2 Å². The molecule has 0 fully saturated rings. The summed E-state index contributed by atoms with van der Waals surface area (Å²) in [7, 11) is -1.86. The van der Waals surface area contributed by atoms with Crippen LogP contribution in [0.2, 0.25) is 0 Å². The predicted molar refractivity (Wildman–Crippen MR) is 84.9 cm³/mol. The van der Waals surface area contributed by atoms with Crippen LogP contribution in [-0.2, 0) is 10.0 Å². The van der Waals surface area contributed by atoms with Crippen LogP contribution < -0.4 is 9.47 Å². The van der Waals surface area contributed by atoms with Crippen LogP contribution in [0.3, 0.4) is 0 Å². The molecule has 0 aliphatic carbocycles. The van der Waals surface area contributed by atoms with Crippen LogP contribution in [0, 0.1) is 0 Å². The molecule has 0 saturated heterocycles. The molecule has 0 spiro atoms. The maximum Gasteiger partial charge on any atom is 0.242 e. The quantitative estimate of drug-likeness (QED) is 0.541. The van der Waals surface area contributed by atoms with Gasteiger partial charge in [-0.25, -0.2) is 12.7 Å². The maximum atomic E-state index is 12.5. The predicted octanol–water partition coefficient (Wildman–Crippen LogP) is 2.64. The lowest BCUT2D eigenvalue weighted by Crippen LogP contribution is -2.28. The highest BCUT2D eigenvalue weighted by molar-refractivity contribution is 9.09. The molecule has 0 N–H and O–H groups in total. The summed E-state index contributed by atoms with van der Waals surface area (Å²) in [6.07, 6.45) is 2.91. The summed E-state index contributed by atoms with van der Waals surface area (Å²) in [4.78, 5) is 0.245. The lowest BCUT2D eigenvalue weighted by Gasteiger charge is -2.21. The highest BCUT2D eigenvalue weighted by atomic mass is 79.9. The van der Waals surface area contributed by atoms with Crippen LogP contribution in [0.1, 0.15) is 19.3 Å². The Hall–Kier alpha value is -0.790. The molecule has 1 aromatic carbocycles. The molecule has 0 bridgehead atoms. The largest absolute Gasteiger partial charge is 0.486 e. The van der Waals surface area contributed by atoms with Gasteiger partial charge in [0.15, 0.2) is 11.5 Å². The summed E-state index contributed by atoms with van der Waals surface area (Å²) < 4.78 is 37.2. The molecule has 0 unspecified atom stereocenters. The summed E-state index contributed by atoms with van der Waals surface area (Å²) in [6.45, 7) is 1.45. The molecule has 0 aromatic heterocycles. The van der Waals surface area contributed by atoms with Crippen LogP contribution in [0.4, 0.5) is 0 Å². The molecule has 0 atom stereocenters. The Bertz CT molecular complexity index is 576. The number of alkyl halides is 1. The van der Waals surface area contributed by atoms with Crippen LogP contribution in [0.15, 0.2) is 23.1 Å². The number of rotatable bonds is 7. The second-order valence-corrected chi connectivity index (χ2v) is 7.72. The van der Waals surface area contributed by atoms with E-state index in [4.69, 9.17) is 9.47 Å². The molecular weight excluding hydrogens is 358 g/mol. The van der Waals surface area contributed by atoms with E-state index in [0.717, 1.165) is 24.6 Å². The van der Waals surface area contributed by atoms with Crippen molar-refractivity contribution >= 4 is 26.0 Å². The van der Waals surface area contributed by atoms with E-state index in [2.05, 4.69) is 15.9 Å². The van der Waals surface area contributed by atoms with Gasteiger partial charge in [-0.3, -0.25) is 0 Å². The van der Waals surface area contributed by atoms with Gasteiger partial charge in [-0.2, -0.15) is 0 Å². The standard InChI is InChI=1S/C14H20BrNO4S/c1-16(8-4-2-3-7-15)21(17,18)12-5-6-13-14(11-12)20-10-9-19-13/h5-6,11H,2-4,7-10H2,1H3. The minimum atomic E-state index is -3.47.